The van der Waals surface area contributed by atoms with E-state index in [0.29, 0.717) is 0 Å². The second-order valence-corrected chi connectivity index (χ2v) is 8.44. The van der Waals surface area contributed by atoms with Crippen molar-refractivity contribution in [3.8, 4) is 16.9 Å². The lowest BCUT2D eigenvalue weighted by Gasteiger charge is -2.31. The fourth-order valence-electron chi connectivity index (χ4n) is 5.37. The summed E-state index contributed by atoms with van der Waals surface area (Å²) in [6, 6.07) is 34.8. The maximum absolute atomic E-state index is 5.53. The number of hydrogen-bond acceptors (Lipinski definition) is 2. The Balaban J connectivity index is 1.72. The number of nitrogens with zero attached hydrogens (tertiary/aromatic N) is 1. The third-order valence-electron chi connectivity index (χ3n) is 7.04. The van der Waals surface area contributed by atoms with Crippen molar-refractivity contribution in [3.05, 3.63) is 108 Å². The van der Waals surface area contributed by atoms with E-state index >= 15 is 0 Å². The monoisotopic (exact) mass is 419 g/mol. The van der Waals surface area contributed by atoms with Crippen LogP contribution in [0.4, 0.5) is 17.1 Å². The lowest BCUT2D eigenvalue weighted by Crippen LogP contribution is -2.23. The zero-order valence-electron chi connectivity index (χ0n) is 19.0. The standard InChI is InChI=1S/C30H29NO/c1-4-30(5-2)28-17-10-9-16-26(28)27-19-18-24(21-29(27)30)31(22-12-7-6-8-13-22)23-14-11-15-25(20-23)32-3/h6-21H,4-5H2,1-3H3. The first-order chi connectivity index (χ1) is 15.7. The van der Waals surface area contributed by atoms with Crippen LogP contribution in [0.5, 0.6) is 5.75 Å². The van der Waals surface area contributed by atoms with Gasteiger partial charge in [0.05, 0.1) is 7.11 Å². The molecule has 4 aromatic carbocycles. The summed E-state index contributed by atoms with van der Waals surface area (Å²) in [6.07, 6.45) is 2.17. The van der Waals surface area contributed by atoms with E-state index in [1.54, 1.807) is 7.11 Å². The van der Waals surface area contributed by atoms with Crippen molar-refractivity contribution in [2.24, 2.45) is 0 Å². The topological polar surface area (TPSA) is 12.5 Å². The molecule has 0 fully saturated rings. The molecule has 0 bridgehead atoms. The molecule has 0 heterocycles. The van der Waals surface area contributed by atoms with E-state index < -0.39 is 0 Å². The van der Waals surface area contributed by atoms with E-state index in [4.69, 9.17) is 4.74 Å². The molecule has 2 heteroatoms. The molecule has 1 aliphatic rings. The predicted octanol–water partition coefficient (Wildman–Crippen LogP) is 8.25. The van der Waals surface area contributed by atoms with E-state index in [1.165, 1.54) is 27.9 Å². The summed E-state index contributed by atoms with van der Waals surface area (Å²) < 4.78 is 5.53. The molecule has 4 aromatic rings. The highest BCUT2D eigenvalue weighted by Crippen LogP contribution is 2.54. The Labute approximate surface area is 191 Å². The molecule has 0 aromatic heterocycles. The lowest BCUT2D eigenvalue weighted by molar-refractivity contribution is 0.415. The summed E-state index contributed by atoms with van der Waals surface area (Å²) >= 11 is 0. The average molecular weight is 420 g/mol. The van der Waals surface area contributed by atoms with Crippen molar-refractivity contribution in [1.82, 2.24) is 0 Å². The van der Waals surface area contributed by atoms with Gasteiger partial charge in [-0.3, -0.25) is 0 Å². The van der Waals surface area contributed by atoms with Gasteiger partial charge in [0.1, 0.15) is 5.75 Å². The Morgan fingerprint density at radius 2 is 1.28 bits per heavy atom. The van der Waals surface area contributed by atoms with Gasteiger partial charge in [-0.05, 0) is 71.5 Å². The summed E-state index contributed by atoms with van der Waals surface area (Å²) in [5.41, 5.74) is 9.09. The fraction of sp³-hybridized carbons (Fsp3) is 0.200. The minimum atomic E-state index is 0.0542. The fourth-order valence-corrected chi connectivity index (χ4v) is 5.37. The first-order valence-electron chi connectivity index (χ1n) is 11.5. The molecule has 1 aliphatic carbocycles. The van der Waals surface area contributed by atoms with Crippen molar-refractivity contribution in [3.63, 3.8) is 0 Å². The number of methoxy groups -OCH3 is 1. The van der Waals surface area contributed by atoms with Crippen molar-refractivity contribution < 1.29 is 4.74 Å². The van der Waals surface area contributed by atoms with Gasteiger partial charge >= 0.3 is 0 Å². The number of para-hydroxylation sites is 1. The van der Waals surface area contributed by atoms with Gasteiger partial charge < -0.3 is 9.64 Å². The normalized spacial score (nSPS) is 13.3. The second kappa shape index (κ2) is 8.20. The Morgan fingerprint density at radius 3 is 2.03 bits per heavy atom. The number of benzene rings is 4. The molecule has 0 aliphatic heterocycles. The maximum Gasteiger partial charge on any atom is 0.120 e. The van der Waals surface area contributed by atoms with E-state index in [-0.39, 0.29) is 5.41 Å². The van der Waals surface area contributed by atoms with E-state index in [9.17, 15) is 0 Å². The first kappa shape index (κ1) is 20.4. The van der Waals surface area contributed by atoms with Crippen molar-refractivity contribution in [2.75, 3.05) is 12.0 Å². The van der Waals surface area contributed by atoms with Gasteiger partial charge in [-0.2, -0.15) is 0 Å². The number of ether oxygens (including phenoxy) is 1. The Morgan fingerprint density at radius 1 is 0.625 bits per heavy atom. The summed E-state index contributed by atoms with van der Waals surface area (Å²) in [5.74, 6) is 0.855. The van der Waals surface area contributed by atoms with Crippen LogP contribution in [0.15, 0.2) is 97.1 Å². The molecule has 0 unspecified atom stereocenters. The molecule has 32 heavy (non-hydrogen) atoms. The van der Waals surface area contributed by atoms with Crippen LogP contribution in [0.3, 0.4) is 0 Å². The summed E-state index contributed by atoms with van der Waals surface area (Å²) in [5, 5.41) is 0. The number of hydrogen-bond donors (Lipinski definition) is 0. The van der Waals surface area contributed by atoms with Gasteiger partial charge in [-0.1, -0.05) is 68.4 Å². The summed E-state index contributed by atoms with van der Waals surface area (Å²) in [6.45, 7) is 4.64. The van der Waals surface area contributed by atoms with Gasteiger partial charge in [-0.25, -0.2) is 0 Å². The summed E-state index contributed by atoms with van der Waals surface area (Å²) in [4.78, 5) is 2.32. The minimum Gasteiger partial charge on any atom is -0.497 e. The average Bonchev–Trinajstić information content (AvgIpc) is 3.14. The van der Waals surface area contributed by atoms with Crippen molar-refractivity contribution in [1.29, 1.82) is 0 Å². The zero-order valence-corrected chi connectivity index (χ0v) is 19.0. The minimum absolute atomic E-state index is 0.0542. The van der Waals surface area contributed by atoms with E-state index in [1.807, 2.05) is 6.07 Å². The zero-order chi connectivity index (χ0) is 22.1. The molecule has 160 valence electrons. The van der Waals surface area contributed by atoms with Gasteiger partial charge in [0.15, 0.2) is 0 Å². The largest absolute Gasteiger partial charge is 0.497 e. The Hall–Kier alpha value is -3.52. The van der Waals surface area contributed by atoms with Gasteiger partial charge in [0.25, 0.3) is 0 Å². The molecular weight excluding hydrogens is 390 g/mol. The SMILES string of the molecule is CCC1(CC)c2ccccc2-c2ccc(N(c3ccccc3)c3cccc(OC)c3)cc21. The third kappa shape index (κ3) is 3.10. The highest BCUT2D eigenvalue weighted by molar-refractivity contribution is 5.85. The molecule has 2 nitrogen and oxygen atoms in total. The molecule has 0 N–H and O–H groups in total. The molecular formula is C30H29NO. The lowest BCUT2D eigenvalue weighted by atomic mass is 9.74. The molecule has 0 amide bonds. The van der Waals surface area contributed by atoms with Gasteiger partial charge in [0, 0.05) is 28.5 Å². The van der Waals surface area contributed by atoms with E-state index in [0.717, 1.165) is 30.0 Å². The highest BCUT2D eigenvalue weighted by Gasteiger charge is 2.40. The number of rotatable bonds is 6. The Bertz CT molecular complexity index is 1240. The van der Waals surface area contributed by atoms with E-state index in [2.05, 4.69) is 110 Å². The van der Waals surface area contributed by atoms with Gasteiger partial charge in [0.2, 0.25) is 0 Å². The van der Waals surface area contributed by atoms with Crippen molar-refractivity contribution >= 4 is 17.1 Å². The van der Waals surface area contributed by atoms with Crippen LogP contribution in [0.2, 0.25) is 0 Å². The quantitative estimate of drug-likeness (QED) is 0.312. The highest BCUT2D eigenvalue weighted by atomic mass is 16.5. The van der Waals surface area contributed by atoms with Crippen molar-refractivity contribution in [2.45, 2.75) is 32.1 Å². The van der Waals surface area contributed by atoms with Crippen LogP contribution >= 0.6 is 0 Å². The van der Waals surface area contributed by atoms with Crippen LogP contribution in [0.1, 0.15) is 37.8 Å². The third-order valence-corrected chi connectivity index (χ3v) is 7.04. The molecule has 0 saturated heterocycles. The molecule has 0 atom stereocenters. The first-order valence-corrected chi connectivity index (χ1v) is 11.5. The molecule has 0 saturated carbocycles. The number of anilines is 3. The molecule has 0 radical (unpaired) electrons. The smallest absolute Gasteiger partial charge is 0.120 e. The van der Waals surface area contributed by atoms with Crippen LogP contribution in [0, 0.1) is 0 Å². The van der Waals surface area contributed by atoms with Crippen LogP contribution in [0.25, 0.3) is 11.1 Å². The van der Waals surface area contributed by atoms with Crippen LogP contribution < -0.4 is 9.64 Å². The van der Waals surface area contributed by atoms with Crippen LogP contribution in [-0.2, 0) is 5.41 Å². The van der Waals surface area contributed by atoms with Gasteiger partial charge in [-0.15, -0.1) is 0 Å². The number of fused-ring (bicyclic) bond motifs is 3. The maximum atomic E-state index is 5.53. The molecule has 0 spiro atoms. The molecule has 5 rings (SSSR count). The second-order valence-electron chi connectivity index (χ2n) is 8.44. The Kier molecular flexibility index (Phi) is 5.22. The van der Waals surface area contributed by atoms with Crippen LogP contribution in [-0.4, -0.2) is 7.11 Å². The predicted molar refractivity (Wildman–Crippen MR) is 134 cm³/mol. The summed E-state index contributed by atoms with van der Waals surface area (Å²) in [7, 11) is 1.72.